The van der Waals surface area contributed by atoms with Crippen molar-refractivity contribution in [3.63, 3.8) is 0 Å². The number of ether oxygens (including phenoxy) is 1. The summed E-state index contributed by atoms with van der Waals surface area (Å²) >= 11 is 0. The Bertz CT molecular complexity index is 613. The van der Waals surface area contributed by atoms with Crippen LogP contribution in [-0.4, -0.2) is 24.4 Å². The molecule has 0 aromatic heterocycles. The van der Waals surface area contributed by atoms with Gasteiger partial charge in [-0.15, -0.1) is 0 Å². The number of aliphatic hydroxyl groups excluding tert-OH is 1. The molecule has 1 aromatic carbocycles. The summed E-state index contributed by atoms with van der Waals surface area (Å²) in [5.41, 5.74) is -1.08. The maximum Gasteiger partial charge on any atom is 0.140 e. The second kappa shape index (κ2) is 6.13. The lowest BCUT2D eigenvalue weighted by Gasteiger charge is -2.42. The predicted octanol–water partition coefficient (Wildman–Crippen LogP) is 2.54. The number of halogens is 2. The summed E-state index contributed by atoms with van der Waals surface area (Å²) in [7, 11) is 0. The van der Waals surface area contributed by atoms with Crippen molar-refractivity contribution in [2.45, 2.75) is 31.4 Å². The Morgan fingerprint density at radius 2 is 2.13 bits per heavy atom. The Hall–Kier alpha value is -1.60. The summed E-state index contributed by atoms with van der Waals surface area (Å²) in [4.78, 5) is 0. The molecule has 126 valence electrons. The summed E-state index contributed by atoms with van der Waals surface area (Å²) in [5.74, 6) is 4.50. The van der Waals surface area contributed by atoms with Crippen LogP contribution in [0.1, 0.15) is 25.3 Å². The number of hydrogen-bond donors (Lipinski definition) is 2. The number of nitrogens with zero attached hydrogens (tertiary/aromatic N) is 2. The van der Waals surface area contributed by atoms with Gasteiger partial charge in [-0.05, 0) is 30.7 Å². The molecule has 5 nitrogen and oxygen atoms in total. The molecule has 0 amide bonds. The molecule has 0 unspecified atom stereocenters. The lowest BCUT2D eigenvalue weighted by Crippen LogP contribution is -2.48. The van der Waals surface area contributed by atoms with Gasteiger partial charge in [-0.1, -0.05) is 18.2 Å². The molecule has 23 heavy (non-hydrogen) atoms. The second-order valence-electron chi connectivity index (χ2n) is 6.61. The quantitative estimate of drug-likeness (QED) is 0.507. The Labute approximate surface area is 133 Å². The first kappa shape index (κ1) is 16.3. The highest BCUT2D eigenvalue weighted by molar-refractivity contribution is 5.29. The van der Waals surface area contributed by atoms with Crippen LogP contribution in [0.15, 0.2) is 28.5 Å². The van der Waals surface area contributed by atoms with E-state index in [-0.39, 0.29) is 30.8 Å². The monoisotopic (exact) mass is 325 g/mol. The third-order valence-corrected chi connectivity index (χ3v) is 5.21. The average Bonchev–Trinajstić information content (AvgIpc) is 3.24. The van der Waals surface area contributed by atoms with Gasteiger partial charge in [0.05, 0.1) is 12.7 Å². The van der Waals surface area contributed by atoms with Gasteiger partial charge >= 0.3 is 0 Å². The van der Waals surface area contributed by atoms with Crippen molar-refractivity contribution in [2.75, 3.05) is 13.2 Å². The lowest BCUT2D eigenvalue weighted by atomic mass is 9.74. The fourth-order valence-corrected chi connectivity index (χ4v) is 3.69. The number of aliphatic hydroxyl groups is 1. The van der Waals surface area contributed by atoms with E-state index >= 15 is 0 Å². The molecule has 1 aliphatic heterocycles. The van der Waals surface area contributed by atoms with Crippen LogP contribution in [-0.2, 0) is 10.3 Å². The average molecular weight is 325 g/mol. The van der Waals surface area contributed by atoms with Crippen molar-refractivity contribution in [1.82, 2.24) is 0 Å². The fourth-order valence-electron chi connectivity index (χ4n) is 3.69. The van der Waals surface area contributed by atoms with Crippen LogP contribution < -0.4 is 5.84 Å². The molecule has 1 aliphatic carbocycles. The Kier molecular flexibility index (Phi) is 4.33. The van der Waals surface area contributed by atoms with E-state index in [0.717, 1.165) is 18.6 Å². The minimum atomic E-state index is -1.23. The van der Waals surface area contributed by atoms with E-state index in [2.05, 4.69) is 17.3 Å². The first-order chi connectivity index (χ1) is 11.0. The van der Waals surface area contributed by atoms with E-state index in [1.165, 1.54) is 6.07 Å². The molecular weight excluding hydrogens is 304 g/mol. The lowest BCUT2D eigenvalue weighted by molar-refractivity contribution is -0.0873. The van der Waals surface area contributed by atoms with Crippen LogP contribution in [0.3, 0.4) is 0 Å². The Morgan fingerprint density at radius 1 is 1.39 bits per heavy atom. The van der Waals surface area contributed by atoms with E-state index in [9.17, 15) is 13.9 Å². The smallest absolute Gasteiger partial charge is 0.140 e. The van der Waals surface area contributed by atoms with E-state index in [1.807, 2.05) is 0 Å². The van der Waals surface area contributed by atoms with Crippen molar-refractivity contribution in [2.24, 2.45) is 33.9 Å². The highest BCUT2D eigenvalue weighted by Crippen LogP contribution is 2.50. The van der Waals surface area contributed by atoms with E-state index in [4.69, 9.17) is 10.6 Å². The summed E-state index contributed by atoms with van der Waals surface area (Å²) in [6.45, 7) is 2.02. The van der Waals surface area contributed by atoms with E-state index in [0.29, 0.717) is 18.3 Å². The van der Waals surface area contributed by atoms with Crippen LogP contribution >= 0.6 is 0 Å². The molecule has 5 atom stereocenters. The van der Waals surface area contributed by atoms with Crippen LogP contribution in [0.2, 0.25) is 0 Å². The summed E-state index contributed by atoms with van der Waals surface area (Å²) in [6.07, 6.45) is 1.66. The number of rotatable bonds is 4. The molecule has 0 spiro atoms. The van der Waals surface area contributed by atoms with Gasteiger partial charge in [0.2, 0.25) is 0 Å². The molecule has 1 saturated heterocycles. The third kappa shape index (κ3) is 2.83. The minimum absolute atomic E-state index is 0.0201. The van der Waals surface area contributed by atoms with Gasteiger partial charge in [0.25, 0.3) is 0 Å². The standard InChI is InChI=1S/C16H21F2N3O2/c1-9-4-12(9)15-5-10(7-22)16(8-23-15,20-21-19)13-3-2-11(17)6-14(13)18/h2-3,6,9-10,12,15,22H,4-5,7-8H2,1H3,(H2,19,20)/t9-,10+,12-,15-,16+/m1/s1. The van der Waals surface area contributed by atoms with Crippen molar-refractivity contribution < 1.29 is 18.6 Å². The van der Waals surface area contributed by atoms with Gasteiger partial charge in [0.1, 0.15) is 17.2 Å². The van der Waals surface area contributed by atoms with E-state index in [1.54, 1.807) is 0 Å². The van der Waals surface area contributed by atoms with Crippen LogP contribution in [0.4, 0.5) is 8.78 Å². The third-order valence-electron chi connectivity index (χ3n) is 5.21. The summed E-state index contributed by atoms with van der Waals surface area (Å²) in [5, 5.41) is 17.2. The topological polar surface area (TPSA) is 80.2 Å². The van der Waals surface area contributed by atoms with Crippen molar-refractivity contribution >= 4 is 0 Å². The van der Waals surface area contributed by atoms with Gasteiger partial charge in [0.15, 0.2) is 0 Å². The van der Waals surface area contributed by atoms with Crippen molar-refractivity contribution in [1.29, 1.82) is 0 Å². The molecule has 7 heteroatoms. The van der Waals surface area contributed by atoms with Gasteiger partial charge in [-0.25, -0.2) is 8.78 Å². The zero-order chi connectivity index (χ0) is 16.6. The number of nitrogens with two attached hydrogens (primary N) is 1. The van der Waals surface area contributed by atoms with Gasteiger partial charge in [-0.2, -0.15) is 5.11 Å². The normalized spacial score (nSPS) is 37.2. The van der Waals surface area contributed by atoms with Crippen LogP contribution in [0.5, 0.6) is 0 Å². The van der Waals surface area contributed by atoms with Crippen LogP contribution in [0.25, 0.3) is 0 Å². The molecule has 0 bridgehead atoms. The van der Waals surface area contributed by atoms with Crippen molar-refractivity contribution in [3.05, 3.63) is 35.4 Å². The summed E-state index contributed by atoms with van der Waals surface area (Å²) < 4.78 is 33.5. The summed E-state index contributed by atoms with van der Waals surface area (Å²) in [6, 6.07) is 3.29. The molecule has 3 N–H and O–H groups in total. The fraction of sp³-hybridized carbons (Fsp3) is 0.625. The predicted molar refractivity (Wildman–Crippen MR) is 79.3 cm³/mol. The van der Waals surface area contributed by atoms with Gasteiger partial charge in [-0.3, -0.25) is 0 Å². The number of hydrogen-bond acceptors (Lipinski definition) is 4. The van der Waals surface area contributed by atoms with E-state index < -0.39 is 17.2 Å². The van der Waals surface area contributed by atoms with Gasteiger partial charge < -0.3 is 15.7 Å². The molecule has 1 aromatic rings. The second-order valence-corrected chi connectivity index (χ2v) is 6.61. The Morgan fingerprint density at radius 3 is 2.70 bits per heavy atom. The van der Waals surface area contributed by atoms with Crippen LogP contribution in [0, 0.1) is 29.4 Å². The molecular formula is C16H21F2N3O2. The molecule has 1 saturated carbocycles. The molecule has 2 aliphatic rings. The number of benzene rings is 1. The highest BCUT2D eigenvalue weighted by Gasteiger charge is 2.52. The molecule has 2 fully saturated rings. The maximum atomic E-state index is 14.3. The van der Waals surface area contributed by atoms with Gasteiger partial charge in [0, 0.05) is 24.2 Å². The maximum absolute atomic E-state index is 14.3. The zero-order valence-electron chi connectivity index (χ0n) is 13.0. The zero-order valence-corrected chi connectivity index (χ0v) is 13.0. The first-order valence-electron chi connectivity index (χ1n) is 7.82. The Balaban J connectivity index is 1.96. The first-order valence-corrected chi connectivity index (χ1v) is 7.82. The highest BCUT2D eigenvalue weighted by atomic mass is 19.1. The molecule has 0 radical (unpaired) electrons. The van der Waals surface area contributed by atoms with Crippen molar-refractivity contribution in [3.8, 4) is 0 Å². The SMILES string of the molecule is C[C@@H]1C[C@H]1[C@H]1C[C@@H](CO)[C@](N=NN)(c2ccc(F)cc2F)CO1. The molecule has 3 rings (SSSR count). The minimum Gasteiger partial charge on any atom is -0.396 e. The largest absolute Gasteiger partial charge is 0.396 e. The molecule has 1 heterocycles.